The Morgan fingerprint density at radius 3 is 2.95 bits per heavy atom. The molecule has 0 aliphatic carbocycles. The first kappa shape index (κ1) is 14.9. The standard InChI is InChI=1S/C15H23N3O2/c1-4-20-14-7-12(9-16-10-14)15(19)8-13-11-17(2)5-6-18(13)3/h7,9-10,13H,4-6,8,11H2,1-3H3. The summed E-state index contributed by atoms with van der Waals surface area (Å²) in [6.07, 6.45) is 3.79. The molecule has 1 aliphatic rings. The van der Waals surface area contributed by atoms with E-state index in [-0.39, 0.29) is 11.8 Å². The van der Waals surface area contributed by atoms with E-state index >= 15 is 0 Å². The zero-order valence-corrected chi connectivity index (χ0v) is 12.5. The number of carbonyl (C=O) groups excluding carboxylic acids is 1. The molecule has 0 bridgehead atoms. The van der Waals surface area contributed by atoms with E-state index in [2.05, 4.69) is 28.9 Å². The molecule has 2 rings (SSSR count). The van der Waals surface area contributed by atoms with Crippen molar-refractivity contribution in [1.82, 2.24) is 14.8 Å². The topological polar surface area (TPSA) is 45.7 Å². The molecular formula is C15H23N3O2. The third-order valence-electron chi connectivity index (χ3n) is 3.75. The third-order valence-corrected chi connectivity index (χ3v) is 3.75. The maximum atomic E-state index is 12.4. The first-order chi connectivity index (χ1) is 9.60. The lowest BCUT2D eigenvalue weighted by Crippen LogP contribution is -2.50. The number of likely N-dealkylation sites (N-methyl/N-ethyl adjacent to an activating group) is 2. The van der Waals surface area contributed by atoms with E-state index in [9.17, 15) is 4.79 Å². The first-order valence-corrected chi connectivity index (χ1v) is 7.10. The molecule has 1 atom stereocenters. The van der Waals surface area contributed by atoms with Crippen LogP contribution in [0.5, 0.6) is 5.75 Å². The summed E-state index contributed by atoms with van der Waals surface area (Å²) >= 11 is 0. The summed E-state index contributed by atoms with van der Waals surface area (Å²) in [5.74, 6) is 0.790. The SMILES string of the molecule is CCOc1cncc(C(=O)CC2CN(C)CCN2C)c1. The number of hydrogen-bond acceptors (Lipinski definition) is 5. The summed E-state index contributed by atoms with van der Waals surface area (Å²) in [5, 5.41) is 0. The van der Waals surface area contributed by atoms with Crippen molar-refractivity contribution in [2.75, 3.05) is 40.3 Å². The van der Waals surface area contributed by atoms with Crippen molar-refractivity contribution in [2.24, 2.45) is 0 Å². The molecule has 0 saturated carbocycles. The molecule has 1 aromatic heterocycles. The Morgan fingerprint density at radius 2 is 2.20 bits per heavy atom. The lowest BCUT2D eigenvalue weighted by atomic mass is 10.0. The summed E-state index contributed by atoms with van der Waals surface area (Å²) in [6.45, 7) is 5.49. The van der Waals surface area contributed by atoms with Gasteiger partial charge in [0.1, 0.15) is 5.75 Å². The summed E-state index contributed by atoms with van der Waals surface area (Å²) in [6, 6.07) is 2.06. The van der Waals surface area contributed by atoms with E-state index in [1.165, 1.54) is 0 Å². The van der Waals surface area contributed by atoms with Crippen LogP contribution in [0.4, 0.5) is 0 Å². The number of pyridine rings is 1. The molecule has 1 saturated heterocycles. The van der Waals surface area contributed by atoms with Crippen molar-refractivity contribution >= 4 is 5.78 Å². The second-order valence-electron chi connectivity index (χ2n) is 5.37. The fraction of sp³-hybridized carbons (Fsp3) is 0.600. The molecule has 1 aromatic rings. The second-order valence-corrected chi connectivity index (χ2v) is 5.37. The van der Waals surface area contributed by atoms with Crippen LogP contribution in [0.2, 0.25) is 0 Å². The van der Waals surface area contributed by atoms with Crippen molar-refractivity contribution in [3.63, 3.8) is 0 Å². The highest BCUT2D eigenvalue weighted by Gasteiger charge is 2.25. The van der Waals surface area contributed by atoms with Gasteiger partial charge < -0.3 is 14.5 Å². The van der Waals surface area contributed by atoms with E-state index in [1.54, 1.807) is 18.5 Å². The van der Waals surface area contributed by atoms with Crippen LogP contribution >= 0.6 is 0 Å². The van der Waals surface area contributed by atoms with Crippen molar-refractivity contribution in [2.45, 2.75) is 19.4 Å². The van der Waals surface area contributed by atoms with Gasteiger partial charge in [-0.2, -0.15) is 0 Å². The van der Waals surface area contributed by atoms with Crippen LogP contribution in [0.15, 0.2) is 18.5 Å². The third kappa shape index (κ3) is 3.77. The van der Waals surface area contributed by atoms with Crippen molar-refractivity contribution < 1.29 is 9.53 Å². The van der Waals surface area contributed by atoms with Crippen LogP contribution in [-0.4, -0.2) is 66.9 Å². The molecule has 1 fully saturated rings. The number of ketones is 1. The second kappa shape index (κ2) is 6.81. The molecule has 2 heterocycles. The quantitative estimate of drug-likeness (QED) is 0.759. The van der Waals surface area contributed by atoms with Crippen LogP contribution < -0.4 is 4.74 Å². The van der Waals surface area contributed by atoms with E-state index < -0.39 is 0 Å². The number of piperazine rings is 1. The minimum absolute atomic E-state index is 0.131. The molecule has 110 valence electrons. The predicted octanol–water partition coefficient (Wildman–Crippen LogP) is 1.30. The molecule has 5 nitrogen and oxygen atoms in total. The molecule has 1 unspecified atom stereocenters. The van der Waals surface area contributed by atoms with Crippen LogP contribution in [0.3, 0.4) is 0 Å². The Balaban J connectivity index is 2.02. The highest BCUT2D eigenvalue weighted by atomic mass is 16.5. The van der Waals surface area contributed by atoms with E-state index in [0.717, 1.165) is 19.6 Å². The Kier molecular flexibility index (Phi) is 5.09. The van der Waals surface area contributed by atoms with Crippen LogP contribution in [0, 0.1) is 0 Å². The fourth-order valence-corrected chi connectivity index (χ4v) is 2.47. The maximum Gasteiger partial charge on any atom is 0.166 e. The predicted molar refractivity (Wildman–Crippen MR) is 78.3 cm³/mol. The van der Waals surface area contributed by atoms with E-state index in [0.29, 0.717) is 24.3 Å². The fourth-order valence-electron chi connectivity index (χ4n) is 2.47. The summed E-state index contributed by atoms with van der Waals surface area (Å²) in [7, 11) is 4.18. The molecule has 1 aliphatic heterocycles. The number of carbonyl (C=O) groups is 1. The number of nitrogens with zero attached hydrogens (tertiary/aromatic N) is 3. The molecule has 20 heavy (non-hydrogen) atoms. The molecule has 0 spiro atoms. The summed E-state index contributed by atoms with van der Waals surface area (Å²) < 4.78 is 5.39. The first-order valence-electron chi connectivity index (χ1n) is 7.10. The van der Waals surface area contributed by atoms with Gasteiger partial charge in [-0.05, 0) is 27.1 Å². The Labute approximate surface area is 120 Å². The number of aromatic nitrogens is 1. The lowest BCUT2D eigenvalue weighted by Gasteiger charge is -2.37. The van der Waals surface area contributed by atoms with Gasteiger partial charge >= 0.3 is 0 Å². The summed E-state index contributed by atoms with van der Waals surface area (Å²) in [4.78, 5) is 21.0. The van der Waals surface area contributed by atoms with Gasteiger partial charge in [-0.1, -0.05) is 0 Å². The molecule has 0 amide bonds. The normalized spacial score (nSPS) is 20.9. The zero-order valence-electron chi connectivity index (χ0n) is 12.5. The molecule has 5 heteroatoms. The van der Waals surface area contributed by atoms with Gasteiger partial charge in [-0.3, -0.25) is 9.78 Å². The van der Waals surface area contributed by atoms with Crippen LogP contribution in [-0.2, 0) is 0 Å². The highest BCUT2D eigenvalue weighted by molar-refractivity contribution is 5.96. The Bertz CT molecular complexity index is 464. The minimum atomic E-state index is 0.131. The van der Waals surface area contributed by atoms with Crippen molar-refractivity contribution in [3.05, 3.63) is 24.0 Å². The van der Waals surface area contributed by atoms with Crippen molar-refractivity contribution in [1.29, 1.82) is 0 Å². The number of hydrogen-bond donors (Lipinski definition) is 0. The Hall–Kier alpha value is -1.46. The van der Waals surface area contributed by atoms with Gasteiger partial charge in [0, 0.05) is 43.9 Å². The average molecular weight is 277 g/mol. The maximum absolute atomic E-state index is 12.4. The largest absolute Gasteiger partial charge is 0.492 e. The van der Waals surface area contributed by atoms with Crippen LogP contribution in [0.1, 0.15) is 23.7 Å². The zero-order chi connectivity index (χ0) is 14.5. The number of ether oxygens (including phenoxy) is 1. The lowest BCUT2D eigenvalue weighted by molar-refractivity contribution is 0.0809. The number of rotatable bonds is 5. The van der Waals surface area contributed by atoms with Gasteiger partial charge in [0.2, 0.25) is 0 Å². The van der Waals surface area contributed by atoms with Crippen molar-refractivity contribution in [3.8, 4) is 5.75 Å². The van der Waals surface area contributed by atoms with Gasteiger partial charge in [0.05, 0.1) is 12.8 Å². The average Bonchev–Trinajstić information content (AvgIpc) is 2.43. The smallest absolute Gasteiger partial charge is 0.166 e. The molecule has 0 aromatic carbocycles. The molecule has 0 N–H and O–H groups in total. The van der Waals surface area contributed by atoms with Gasteiger partial charge in [0.15, 0.2) is 5.78 Å². The highest BCUT2D eigenvalue weighted by Crippen LogP contribution is 2.16. The van der Waals surface area contributed by atoms with Gasteiger partial charge in [0.25, 0.3) is 0 Å². The van der Waals surface area contributed by atoms with Gasteiger partial charge in [-0.15, -0.1) is 0 Å². The number of Topliss-reactive ketones (excluding diaryl/α,β-unsaturated/α-hetero) is 1. The van der Waals surface area contributed by atoms with Crippen LogP contribution in [0.25, 0.3) is 0 Å². The molecule has 0 radical (unpaired) electrons. The van der Waals surface area contributed by atoms with E-state index in [4.69, 9.17) is 4.74 Å². The minimum Gasteiger partial charge on any atom is -0.492 e. The van der Waals surface area contributed by atoms with E-state index in [1.807, 2.05) is 6.92 Å². The Morgan fingerprint density at radius 1 is 1.40 bits per heavy atom. The monoisotopic (exact) mass is 277 g/mol. The summed E-state index contributed by atoms with van der Waals surface area (Å²) in [5.41, 5.74) is 0.637. The molecular weight excluding hydrogens is 254 g/mol. The van der Waals surface area contributed by atoms with Gasteiger partial charge in [-0.25, -0.2) is 0 Å².